The van der Waals surface area contributed by atoms with Crippen LogP contribution in [-0.4, -0.2) is 22.9 Å². The summed E-state index contributed by atoms with van der Waals surface area (Å²) in [7, 11) is 0. The third-order valence-corrected chi connectivity index (χ3v) is 5.47. The number of nitrogens with zero attached hydrogens (tertiary/aromatic N) is 1. The molecule has 0 heterocycles. The lowest BCUT2D eigenvalue weighted by atomic mass is 10.0. The van der Waals surface area contributed by atoms with Gasteiger partial charge in [-0.15, -0.1) is 11.6 Å². The molecular formula is C22H28ClN. The molecular weight excluding hydrogens is 314 g/mol. The van der Waals surface area contributed by atoms with Crippen molar-refractivity contribution in [1.82, 2.24) is 4.90 Å². The quantitative estimate of drug-likeness (QED) is 0.563. The molecule has 2 atom stereocenters. The van der Waals surface area contributed by atoms with Crippen LogP contribution < -0.4 is 0 Å². The first-order chi connectivity index (χ1) is 11.6. The molecule has 2 heteroatoms. The van der Waals surface area contributed by atoms with E-state index in [-0.39, 0.29) is 0 Å². The zero-order chi connectivity index (χ0) is 16.9. The first kappa shape index (κ1) is 17.5. The van der Waals surface area contributed by atoms with Gasteiger partial charge in [-0.2, -0.15) is 0 Å². The van der Waals surface area contributed by atoms with E-state index in [0.717, 1.165) is 25.9 Å². The maximum absolute atomic E-state index is 6.14. The summed E-state index contributed by atoms with van der Waals surface area (Å²) in [4.78, 5) is 2.56. The molecule has 1 aliphatic carbocycles. The summed E-state index contributed by atoms with van der Waals surface area (Å²) >= 11 is 6.14. The minimum absolute atomic E-state index is 0.369. The van der Waals surface area contributed by atoms with Gasteiger partial charge < -0.3 is 0 Å². The minimum Gasteiger partial charge on any atom is -0.297 e. The van der Waals surface area contributed by atoms with Crippen molar-refractivity contribution in [1.29, 1.82) is 0 Å². The van der Waals surface area contributed by atoms with E-state index in [9.17, 15) is 0 Å². The highest BCUT2D eigenvalue weighted by Crippen LogP contribution is 2.45. The molecule has 1 fully saturated rings. The molecule has 0 amide bonds. The van der Waals surface area contributed by atoms with Crippen LogP contribution in [-0.2, 0) is 13.0 Å². The van der Waals surface area contributed by atoms with E-state index < -0.39 is 0 Å². The molecule has 0 aliphatic heterocycles. The van der Waals surface area contributed by atoms with Gasteiger partial charge in [-0.05, 0) is 56.3 Å². The molecule has 0 saturated heterocycles. The maximum atomic E-state index is 6.14. The van der Waals surface area contributed by atoms with Crippen LogP contribution >= 0.6 is 11.6 Å². The molecule has 0 bridgehead atoms. The minimum atomic E-state index is 0.369. The summed E-state index contributed by atoms with van der Waals surface area (Å²) in [6, 6.07) is 20.5. The Morgan fingerprint density at radius 1 is 1.00 bits per heavy atom. The average Bonchev–Trinajstić information content (AvgIpc) is 3.32. The molecule has 2 aromatic rings. The number of aryl methyl sites for hydroxylation is 1. The van der Waals surface area contributed by atoms with Crippen molar-refractivity contribution in [2.24, 2.45) is 0 Å². The van der Waals surface area contributed by atoms with E-state index in [1.54, 1.807) is 0 Å². The first-order valence-corrected chi connectivity index (χ1v) is 9.58. The van der Waals surface area contributed by atoms with Crippen LogP contribution in [0.15, 0.2) is 54.6 Å². The molecule has 1 saturated carbocycles. The zero-order valence-corrected chi connectivity index (χ0v) is 15.5. The third kappa shape index (κ3) is 4.84. The first-order valence-electron chi connectivity index (χ1n) is 9.14. The molecule has 0 N–H and O–H groups in total. The van der Waals surface area contributed by atoms with Gasteiger partial charge in [0.05, 0.1) is 0 Å². The van der Waals surface area contributed by atoms with Crippen LogP contribution in [0, 0.1) is 0 Å². The Kier molecular flexibility index (Phi) is 5.97. The van der Waals surface area contributed by atoms with Crippen LogP contribution in [0.3, 0.4) is 0 Å². The Labute approximate surface area is 151 Å². The summed E-state index contributed by atoms with van der Waals surface area (Å²) < 4.78 is 0. The molecule has 24 heavy (non-hydrogen) atoms. The van der Waals surface area contributed by atoms with Crippen LogP contribution in [0.5, 0.6) is 0 Å². The summed E-state index contributed by atoms with van der Waals surface area (Å²) in [6.45, 7) is 6.75. The lowest BCUT2D eigenvalue weighted by Gasteiger charge is -2.26. The van der Waals surface area contributed by atoms with E-state index in [1.165, 1.54) is 23.1 Å². The highest BCUT2D eigenvalue weighted by atomic mass is 35.5. The van der Waals surface area contributed by atoms with Crippen molar-refractivity contribution in [3.8, 4) is 0 Å². The molecule has 1 nitrogen and oxygen atoms in total. The van der Waals surface area contributed by atoms with Crippen molar-refractivity contribution in [3.63, 3.8) is 0 Å². The second kappa shape index (κ2) is 8.18. The van der Waals surface area contributed by atoms with Crippen molar-refractivity contribution in [2.75, 3.05) is 6.54 Å². The van der Waals surface area contributed by atoms with Gasteiger partial charge in [0.25, 0.3) is 0 Å². The van der Waals surface area contributed by atoms with Crippen molar-refractivity contribution in [3.05, 3.63) is 71.3 Å². The SMILES string of the molecule is CC(C)N(CCCc1ccc(C2CC2Cl)cc1)Cc1ccccc1. The Hall–Kier alpha value is -1.31. The molecule has 3 rings (SSSR count). The van der Waals surface area contributed by atoms with Gasteiger partial charge in [0.2, 0.25) is 0 Å². The predicted molar refractivity (Wildman–Crippen MR) is 104 cm³/mol. The van der Waals surface area contributed by atoms with E-state index in [2.05, 4.69) is 73.3 Å². The summed E-state index contributed by atoms with van der Waals surface area (Å²) in [6.07, 6.45) is 3.49. The van der Waals surface area contributed by atoms with E-state index >= 15 is 0 Å². The number of hydrogen-bond donors (Lipinski definition) is 0. The molecule has 2 aromatic carbocycles. The number of hydrogen-bond acceptors (Lipinski definition) is 1. The van der Waals surface area contributed by atoms with Gasteiger partial charge in [-0.3, -0.25) is 4.90 Å². The van der Waals surface area contributed by atoms with Gasteiger partial charge in [-0.1, -0.05) is 54.6 Å². The smallest absolute Gasteiger partial charge is 0.0411 e. The fourth-order valence-electron chi connectivity index (χ4n) is 3.26. The topological polar surface area (TPSA) is 3.24 Å². The number of rotatable bonds is 8. The van der Waals surface area contributed by atoms with Gasteiger partial charge in [0.15, 0.2) is 0 Å². The number of benzene rings is 2. The zero-order valence-electron chi connectivity index (χ0n) is 14.8. The van der Waals surface area contributed by atoms with Crippen LogP contribution in [0.25, 0.3) is 0 Å². The second-order valence-electron chi connectivity index (χ2n) is 7.25. The Balaban J connectivity index is 1.48. The monoisotopic (exact) mass is 341 g/mol. The van der Waals surface area contributed by atoms with E-state index in [0.29, 0.717) is 17.3 Å². The molecule has 128 valence electrons. The van der Waals surface area contributed by atoms with Crippen molar-refractivity contribution < 1.29 is 0 Å². The van der Waals surface area contributed by atoms with Gasteiger partial charge in [-0.25, -0.2) is 0 Å². The van der Waals surface area contributed by atoms with Gasteiger partial charge >= 0.3 is 0 Å². The lowest BCUT2D eigenvalue weighted by Crippen LogP contribution is -2.31. The van der Waals surface area contributed by atoms with Crippen molar-refractivity contribution in [2.45, 2.75) is 57.0 Å². The predicted octanol–water partition coefficient (Wildman–Crippen LogP) is 5.62. The third-order valence-electron chi connectivity index (χ3n) is 4.99. The number of alkyl halides is 1. The Morgan fingerprint density at radius 2 is 1.67 bits per heavy atom. The fourth-order valence-corrected chi connectivity index (χ4v) is 3.60. The highest BCUT2D eigenvalue weighted by Gasteiger charge is 2.36. The molecule has 2 unspecified atom stereocenters. The Bertz CT molecular complexity index is 620. The Morgan fingerprint density at radius 3 is 2.25 bits per heavy atom. The molecule has 0 spiro atoms. The highest BCUT2D eigenvalue weighted by molar-refractivity contribution is 6.23. The van der Waals surface area contributed by atoms with Gasteiger partial charge in [0.1, 0.15) is 0 Å². The fraction of sp³-hybridized carbons (Fsp3) is 0.455. The van der Waals surface area contributed by atoms with Crippen LogP contribution in [0.2, 0.25) is 0 Å². The lowest BCUT2D eigenvalue weighted by molar-refractivity contribution is 0.210. The molecule has 0 radical (unpaired) electrons. The summed E-state index contributed by atoms with van der Waals surface area (Å²) in [5.41, 5.74) is 4.25. The van der Waals surface area contributed by atoms with Crippen molar-refractivity contribution >= 4 is 11.6 Å². The summed E-state index contributed by atoms with van der Waals surface area (Å²) in [5, 5.41) is 0.369. The van der Waals surface area contributed by atoms with E-state index in [1.807, 2.05) is 0 Å². The standard InChI is InChI=1S/C22H28ClN/c1-17(2)24(16-19-7-4-3-5-8-19)14-6-9-18-10-12-20(13-11-18)21-15-22(21)23/h3-5,7-8,10-13,17,21-22H,6,9,14-16H2,1-2H3. The second-order valence-corrected chi connectivity index (χ2v) is 7.81. The number of halogens is 1. The molecule has 0 aromatic heterocycles. The molecule has 1 aliphatic rings. The maximum Gasteiger partial charge on any atom is 0.0411 e. The van der Waals surface area contributed by atoms with Crippen LogP contribution in [0.1, 0.15) is 49.3 Å². The van der Waals surface area contributed by atoms with Crippen LogP contribution in [0.4, 0.5) is 0 Å². The largest absolute Gasteiger partial charge is 0.297 e. The normalized spacial score (nSPS) is 19.9. The average molecular weight is 342 g/mol. The van der Waals surface area contributed by atoms with E-state index in [4.69, 9.17) is 11.6 Å². The summed E-state index contributed by atoms with van der Waals surface area (Å²) in [5.74, 6) is 0.600. The van der Waals surface area contributed by atoms with Gasteiger partial charge in [0, 0.05) is 23.9 Å².